The summed E-state index contributed by atoms with van der Waals surface area (Å²) >= 11 is 0. The van der Waals surface area contributed by atoms with E-state index in [2.05, 4.69) is 26.1 Å². The van der Waals surface area contributed by atoms with Gasteiger partial charge in [-0.1, -0.05) is 33.6 Å². The van der Waals surface area contributed by atoms with Crippen LogP contribution in [0.1, 0.15) is 40.0 Å². The Morgan fingerprint density at radius 3 is 2.94 bits per heavy atom. The maximum absolute atomic E-state index is 11.9. The van der Waals surface area contributed by atoms with Crippen LogP contribution in [0.3, 0.4) is 0 Å². The van der Waals surface area contributed by atoms with Gasteiger partial charge in [0, 0.05) is 13.2 Å². The Bertz CT molecular complexity index is 231. The molecular weight excluding hydrogens is 216 g/mol. The van der Waals surface area contributed by atoms with Gasteiger partial charge in [0.05, 0.1) is 19.3 Å². The van der Waals surface area contributed by atoms with Crippen molar-refractivity contribution in [2.24, 2.45) is 5.92 Å². The molecule has 0 aromatic heterocycles. The molecule has 1 amide bonds. The van der Waals surface area contributed by atoms with E-state index in [0.717, 1.165) is 25.9 Å². The Kier molecular flexibility index (Phi) is 6.52. The lowest BCUT2D eigenvalue weighted by Gasteiger charge is -2.16. The largest absolute Gasteiger partial charge is 0.379 e. The van der Waals surface area contributed by atoms with Crippen molar-refractivity contribution in [3.8, 4) is 0 Å². The van der Waals surface area contributed by atoms with Gasteiger partial charge in [0.15, 0.2) is 0 Å². The minimum Gasteiger partial charge on any atom is -0.379 e. The van der Waals surface area contributed by atoms with Gasteiger partial charge < -0.3 is 9.64 Å². The third-order valence-corrected chi connectivity index (χ3v) is 2.94. The first kappa shape index (κ1) is 14.5. The van der Waals surface area contributed by atoms with Crippen molar-refractivity contribution >= 4 is 5.91 Å². The summed E-state index contributed by atoms with van der Waals surface area (Å²) in [5.41, 5.74) is 0. The third kappa shape index (κ3) is 5.04. The monoisotopic (exact) mass is 242 g/mol. The van der Waals surface area contributed by atoms with Crippen molar-refractivity contribution in [3.05, 3.63) is 0 Å². The molecule has 0 bridgehead atoms. The molecule has 4 nitrogen and oxygen atoms in total. The fourth-order valence-electron chi connectivity index (χ4n) is 1.92. The smallest absolute Gasteiger partial charge is 0.240 e. The summed E-state index contributed by atoms with van der Waals surface area (Å²) in [4.78, 5) is 13.8. The molecule has 4 heteroatoms. The van der Waals surface area contributed by atoms with Crippen LogP contribution in [0.4, 0.5) is 0 Å². The number of carbonyl (C=O) groups is 1. The summed E-state index contributed by atoms with van der Waals surface area (Å²) in [5.74, 6) is 0.798. The van der Waals surface area contributed by atoms with Crippen molar-refractivity contribution in [2.45, 2.75) is 46.1 Å². The maximum Gasteiger partial charge on any atom is 0.240 e. The molecule has 0 spiro atoms. The van der Waals surface area contributed by atoms with Crippen LogP contribution in [0, 0.1) is 5.92 Å². The fourth-order valence-corrected chi connectivity index (χ4v) is 1.92. The van der Waals surface area contributed by atoms with Crippen molar-refractivity contribution < 1.29 is 9.53 Å². The van der Waals surface area contributed by atoms with Crippen LogP contribution in [0.5, 0.6) is 0 Å². The number of carbonyl (C=O) groups excluding carboxylic acids is 1. The summed E-state index contributed by atoms with van der Waals surface area (Å²) in [7, 11) is 0. The second-order valence-corrected chi connectivity index (χ2v) is 5.13. The normalized spacial score (nSPS) is 20.6. The second-order valence-electron chi connectivity index (χ2n) is 5.13. The van der Waals surface area contributed by atoms with Gasteiger partial charge in [0.1, 0.15) is 0 Å². The first-order valence-corrected chi connectivity index (χ1v) is 6.75. The van der Waals surface area contributed by atoms with Crippen LogP contribution in [0.25, 0.3) is 0 Å². The molecule has 0 aliphatic carbocycles. The molecule has 1 atom stereocenters. The molecular formula is C13H26N2O2. The summed E-state index contributed by atoms with van der Waals surface area (Å²) in [5, 5.41) is 3.26. The minimum atomic E-state index is 0.0417. The van der Waals surface area contributed by atoms with Gasteiger partial charge >= 0.3 is 0 Å². The van der Waals surface area contributed by atoms with E-state index in [1.54, 1.807) is 0 Å². The van der Waals surface area contributed by atoms with Crippen molar-refractivity contribution in [3.63, 3.8) is 0 Å². The topological polar surface area (TPSA) is 41.6 Å². The molecule has 100 valence electrons. The highest BCUT2D eigenvalue weighted by molar-refractivity contribution is 5.83. The average Bonchev–Trinajstić information content (AvgIpc) is 2.63. The van der Waals surface area contributed by atoms with Crippen LogP contribution in [-0.4, -0.2) is 43.3 Å². The van der Waals surface area contributed by atoms with Crippen LogP contribution < -0.4 is 5.32 Å². The van der Waals surface area contributed by atoms with Gasteiger partial charge in [-0.15, -0.1) is 0 Å². The SMILES string of the molecule is CCCCC1NCN(CCOCC(C)C)C1=O. The van der Waals surface area contributed by atoms with E-state index >= 15 is 0 Å². The Morgan fingerprint density at radius 2 is 2.29 bits per heavy atom. The standard InChI is InChI=1S/C13H26N2O2/c1-4-5-6-12-13(16)15(10-14-12)7-8-17-9-11(2)3/h11-12,14H,4-10H2,1-3H3. The third-order valence-electron chi connectivity index (χ3n) is 2.94. The molecule has 1 fully saturated rings. The number of amides is 1. The van der Waals surface area contributed by atoms with E-state index < -0.39 is 0 Å². The molecule has 1 aliphatic rings. The maximum atomic E-state index is 11.9. The lowest BCUT2D eigenvalue weighted by atomic mass is 10.1. The van der Waals surface area contributed by atoms with Gasteiger partial charge in [0.2, 0.25) is 5.91 Å². The fraction of sp³-hybridized carbons (Fsp3) is 0.923. The van der Waals surface area contributed by atoms with Gasteiger partial charge in [-0.25, -0.2) is 0 Å². The zero-order valence-electron chi connectivity index (χ0n) is 11.4. The molecule has 17 heavy (non-hydrogen) atoms. The van der Waals surface area contributed by atoms with Crippen LogP contribution in [0.2, 0.25) is 0 Å². The molecule has 0 radical (unpaired) electrons. The Labute approximate surface area is 105 Å². The summed E-state index contributed by atoms with van der Waals surface area (Å²) in [6.45, 7) is 9.21. The molecule has 1 heterocycles. The number of ether oxygens (including phenoxy) is 1. The number of unbranched alkanes of at least 4 members (excludes halogenated alkanes) is 1. The molecule has 1 N–H and O–H groups in total. The zero-order valence-corrected chi connectivity index (χ0v) is 11.4. The first-order chi connectivity index (χ1) is 8.15. The van der Waals surface area contributed by atoms with Gasteiger partial charge in [-0.3, -0.25) is 10.1 Å². The van der Waals surface area contributed by atoms with Crippen molar-refractivity contribution in [2.75, 3.05) is 26.4 Å². The predicted molar refractivity (Wildman–Crippen MR) is 68.7 cm³/mol. The quantitative estimate of drug-likeness (QED) is 0.657. The van der Waals surface area contributed by atoms with E-state index in [9.17, 15) is 4.79 Å². The molecule has 1 aliphatic heterocycles. The molecule has 1 rings (SSSR count). The first-order valence-electron chi connectivity index (χ1n) is 6.75. The lowest BCUT2D eigenvalue weighted by molar-refractivity contribution is -0.129. The van der Waals surface area contributed by atoms with Crippen LogP contribution in [0.15, 0.2) is 0 Å². The van der Waals surface area contributed by atoms with Gasteiger partial charge in [-0.05, 0) is 12.3 Å². The Balaban J connectivity index is 2.16. The Hall–Kier alpha value is -0.610. The van der Waals surface area contributed by atoms with Crippen LogP contribution in [-0.2, 0) is 9.53 Å². The van der Waals surface area contributed by atoms with Gasteiger partial charge in [0.25, 0.3) is 0 Å². The average molecular weight is 242 g/mol. The number of rotatable bonds is 8. The molecule has 1 saturated heterocycles. The van der Waals surface area contributed by atoms with Crippen molar-refractivity contribution in [1.29, 1.82) is 0 Å². The lowest BCUT2D eigenvalue weighted by Crippen LogP contribution is -2.32. The molecule has 1 unspecified atom stereocenters. The highest BCUT2D eigenvalue weighted by atomic mass is 16.5. The summed E-state index contributed by atoms with van der Waals surface area (Å²) < 4.78 is 5.50. The highest BCUT2D eigenvalue weighted by Gasteiger charge is 2.29. The molecule has 0 aromatic carbocycles. The van der Waals surface area contributed by atoms with Gasteiger partial charge in [-0.2, -0.15) is 0 Å². The van der Waals surface area contributed by atoms with E-state index in [1.807, 2.05) is 4.90 Å². The van der Waals surface area contributed by atoms with E-state index in [0.29, 0.717) is 25.7 Å². The van der Waals surface area contributed by atoms with Crippen molar-refractivity contribution in [1.82, 2.24) is 10.2 Å². The van der Waals surface area contributed by atoms with E-state index in [4.69, 9.17) is 4.74 Å². The highest BCUT2D eigenvalue weighted by Crippen LogP contribution is 2.10. The number of hydrogen-bond acceptors (Lipinski definition) is 3. The van der Waals surface area contributed by atoms with E-state index in [-0.39, 0.29) is 11.9 Å². The Morgan fingerprint density at radius 1 is 1.53 bits per heavy atom. The summed E-state index contributed by atoms with van der Waals surface area (Å²) in [6.07, 6.45) is 3.21. The van der Waals surface area contributed by atoms with E-state index in [1.165, 1.54) is 0 Å². The molecule has 0 saturated carbocycles. The predicted octanol–water partition coefficient (Wildman–Crippen LogP) is 1.61. The summed E-state index contributed by atoms with van der Waals surface area (Å²) in [6, 6.07) is 0.0417. The number of hydrogen-bond donors (Lipinski definition) is 1. The molecule has 0 aromatic rings. The number of nitrogens with zero attached hydrogens (tertiary/aromatic N) is 1. The number of nitrogens with one attached hydrogen (secondary N) is 1. The second kappa shape index (κ2) is 7.67. The minimum absolute atomic E-state index is 0.0417. The van der Waals surface area contributed by atoms with Crippen LogP contribution >= 0.6 is 0 Å². The zero-order chi connectivity index (χ0) is 12.7.